The van der Waals surface area contributed by atoms with Gasteiger partial charge in [0.2, 0.25) is 0 Å². The van der Waals surface area contributed by atoms with Crippen molar-refractivity contribution >= 4 is 35.2 Å². The number of H-pyrrole nitrogens is 2. The van der Waals surface area contributed by atoms with Gasteiger partial charge in [-0.25, -0.2) is 4.99 Å². The molecule has 0 amide bonds. The van der Waals surface area contributed by atoms with Gasteiger partial charge in [0.25, 0.3) is 0 Å². The standard InChI is InChI=1S/C26H19N5.Co/c27-26-24-15-22-11-9-20(30-22)13-18-7-6-17(28-18)12-19-8-10-21(29-19)14-23(31-24)25(26)16-4-2-1-3-5-16;/h1-15,27-28,30-31H;. The van der Waals surface area contributed by atoms with Crippen molar-refractivity contribution in [2.24, 2.45) is 4.99 Å². The fourth-order valence-electron chi connectivity index (χ4n) is 4.04. The van der Waals surface area contributed by atoms with Gasteiger partial charge in [-0.1, -0.05) is 30.3 Å². The zero-order valence-corrected chi connectivity index (χ0v) is 18.0. The second-order valence-electron chi connectivity index (χ2n) is 7.68. The normalized spacial score (nSPS) is 16.4. The molecule has 32 heavy (non-hydrogen) atoms. The van der Waals surface area contributed by atoms with Gasteiger partial charge in [-0.2, -0.15) is 0 Å². The number of hydrogen-bond acceptors (Lipinski definition) is 3. The van der Waals surface area contributed by atoms with E-state index in [1.165, 1.54) is 0 Å². The second kappa shape index (κ2) is 7.99. The van der Waals surface area contributed by atoms with Crippen molar-refractivity contribution in [2.75, 3.05) is 0 Å². The molecule has 0 unspecified atom stereocenters. The third-order valence-corrected chi connectivity index (χ3v) is 5.47. The molecule has 0 atom stereocenters. The minimum Gasteiger partial charge on any atom is -0.355 e. The number of allylic oxidation sites excluding steroid dienone is 4. The molecule has 3 aromatic rings. The fourth-order valence-corrected chi connectivity index (χ4v) is 4.04. The Morgan fingerprint density at radius 1 is 0.719 bits per heavy atom. The number of hydrogen-bond donors (Lipinski definition) is 4. The number of fused-ring (bicyclic) bond motifs is 7. The van der Waals surface area contributed by atoms with Gasteiger partial charge in [-0.15, -0.1) is 0 Å². The molecule has 157 valence electrons. The van der Waals surface area contributed by atoms with Crippen LogP contribution in [0.25, 0.3) is 23.8 Å². The molecule has 5 nitrogen and oxygen atoms in total. The largest absolute Gasteiger partial charge is 0.355 e. The van der Waals surface area contributed by atoms with Gasteiger partial charge in [0.15, 0.2) is 0 Å². The summed E-state index contributed by atoms with van der Waals surface area (Å²) in [6, 6.07) is 18.2. The van der Waals surface area contributed by atoms with Crippen LogP contribution in [0.1, 0.15) is 17.0 Å². The van der Waals surface area contributed by atoms with Crippen LogP contribution in [0.5, 0.6) is 0 Å². The monoisotopic (exact) mass is 460 g/mol. The molecule has 1 radical (unpaired) electrons. The molecule has 3 aliphatic rings. The average molecular weight is 460 g/mol. The molecule has 1 aromatic carbocycles. The maximum atomic E-state index is 8.87. The van der Waals surface area contributed by atoms with Crippen molar-refractivity contribution in [2.45, 2.75) is 0 Å². The van der Waals surface area contributed by atoms with Crippen molar-refractivity contribution < 1.29 is 16.8 Å². The Labute approximate surface area is 195 Å². The number of aromatic amines is 2. The van der Waals surface area contributed by atoms with Gasteiger partial charge in [-0.05, 0) is 66.3 Å². The minimum absolute atomic E-state index is 0. The first-order chi connectivity index (χ1) is 15.2. The molecule has 0 saturated carbocycles. The molecule has 4 N–H and O–H groups in total. The van der Waals surface area contributed by atoms with Crippen LogP contribution in [0.3, 0.4) is 0 Å². The Morgan fingerprint density at radius 2 is 1.47 bits per heavy atom. The first-order valence-corrected chi connectivity index (χ1v) is 10.1. The van der Waals surface area contributed by atoms with E-state index >= 15 is 0 Å². The second-order valence-corrected chi connectivity index (χ2v) is 7.68. The van der Waals surface area contributed by atoms with Gasteiger partial charge in [0.1, 0.15) is 0 Å². The van der Waals surface area contributed by atoms with E-state index in [1.807, 2.05) is 72.8 Å². The molecule has 0 spiro atoms. The van der Waals surface area contributed by atoms with Crippen molar-refractivity contribution in [1.82, 2.24) is 15.3 Å². The van der Waals surface area contributed by atoms with Gasteiger partial charge in [0.05, 0.1) is 28.5 Å². The summed E-state index contributed by atoms with van der Waals surface area (Å²) >= 11 is 0. The molecular formula is C26H19CoN5. The number of nitrogens with zero attached hydrogens (tertiary/aromatic N) is 1. The van der Waals surface area contributed by atoms with Crippen molar-refractivity contribution in [1.29, 1.82) is 5.41 Å². The molecule has 6 heteroatoms. The number of nitrogens with one attached hydrogen (secondary N) is 4. The number of aromatic nitrogens is 2. The zero-order valence-electron chi connectivity index (χ0n) is 16.9. The Kier molecular flexibility index (Phi) is 5.01. The smallest absolute Gasteiger partial charge is 0.0874 e. The van der Waals surface area contributed by atoms with E-state index in [0.717, 1.165) is 56.0 Å². The quantitative estimate of drug-likeness (QED) is 0.442. The third-order valence-electron chi connectivity index (χ3n) is 5.47. The SMILES string of the molecule is N=C1C2=Cc3ccc([nH]3)C=c3ccc([nH]3)=CC3=NC(=CC(=C1c1ccccc1)N2)C=C3.[Co]. The molecular weight excluding hydrogens is 441 g/mol. The van der Waals surface area contributed by atoms with Crippen LogP contribution in [0.15, 0.2) is 94.9 Å². The summed E-state index contributed by atoms with van der Waals surface area (Å²) in [5.74, 6) is 0. The van der Waals surface area contributed by atoms with E-state index in [1.54, 1.807) is 0 Å². The van der Waals surface area contributed by atoms with Crippen LogP contribution in [0.4, 0.5) is 0 Å². The molecule has 8 bridgehead atoms. The maximum absolute atomic E-state index is 8.87. The fraction of sp³-hybridized carbons (Fsp3) is 0. The van der Waals surface area contributed by atoms with Crippen LogP contribution in [0.2, 0.25) is 0 Å². The number of rotatable bonds is 1. The number of aliphatic imine (C=N–C) groups is 1. The van der Waals surface area contributed by atoms with Gasteiger partial charge < -0.3 is 15.3 Å². The maximum Gasteiger partial charge on any atom is 0.0874 e. The van der Waals surface area contributed by atoms with Crippen molar-refractivity contribution in [3.63, 3.8) is 0 Å². The Hall–Kier alpha value is -3.87. The zero-order chi connectivity index (χ0) is 20.8. The van der Waals surface area contributed by atoms with E-state index in [4.69, 9.17) is 10.4 Å². The molecule has 0 fully saturated rings. The van der Waals surface area contributed by atoms with E-state index in [0.29, 0.717) is 5.71 Å². The van der Waals surface area contributed by atoms with Gasteiger partial charge >= 0.3 is 0 Å². The summed E-state index contributed by atoms with van der Waals surface area (Å²) in [4.78, 5) is 11.6. The molecule has 3 aliphatic heterocycles. The number of benzene rings is 1. The van der Waals surface area contributed by atoms with Crippen molar-refractivity contribution in [3.8, 4) is 0 Å². The van der Waals surface area contributed by atoms with Gasteiger partial charge in [0, 0.05) is 44.4 Å². The molecule has 0 aliphatic carbocycles. The predicted octanol–water partition coefficient (Wildman–Crippen LogP) is 3.23. The van der Waals surface area contributed by atoms with Crippen LogP contribution < -0.4 is 16.0 Å². The summed E-state index contributed by atoms with van der Waals surface area (Å²) in [7, 11) is 0. The van der Waals surface area contributed by atoms with Crippen molar-refractivity contribution in [3.05, 3.63) is 118 Å². The predicted molar refractivity (Wildman–Crippen MR) is 126 cm³/mol. The first kappa shape index (κ1) is 20.1. The topological polar surface area (TPSA) is 79.8 Å². The first-order valence-electron chi connectivity index (χ1n) is 10.1. The van der Waals surface area contributed by atoms with Crippen LogP contribution in [-0.2, 0) is 16.8 Å². The van der Waals surface area contributed by atoms with Crippen LogP contribution >= 0.6 is 0 Å². The average Bonchev–Trinajstić information content (AvgIpc) is 3.55. The summed E-state index contributed by atoms with van der Waals surface area (Å²) in [5, 5.41) is 14.3. The third kappa shape index (κ3) is 3.66. The van der Waals surface area contributed by atoms with E-state index in [9.17, 15) is 0 Å². The molecule has 0 saturated heterocycles. The van der Waals surface area contributed by atoms with E-state index < -0.39 is 0 Å². The van der Waals surface area contributed by atoms with Gasteiger partial charge in [-0.3, -0.25) is 5.41 Å². The van der Waals surface area contributed by atoms with Crippen LogP contribution in [0, 0.1) is 5.41 Å². The summed E-state index contributed by atoms with van der Waals surface area (Å²) in [6.45, 7) is 0. The molecule has 6 rings (SSSR count). The molecule has 5 heterocycles. The Bertz CT molecular complexity index is 1510. The Balaban J connectivity index is 0.00000216. The summed E-state index contributed by atoms with van der Waals surface area (Å²) < 4.78 is 0. The minimum atomic E-state index is 0. The molecule has 2 aromatic heterocycles. The Morgan fingerprint density at radius 3 is 2.28 bits per heavy atom. The van der Waals surface area contributed by atoms with Crippen LogP contribution in [-0.4, -0.2) is 21.4 Å². The summed E-state index contributed by atoms with van der Waals surface area (Å²) in [5.41, 5.74) is 7.64. The van der Waals surface area contributed by atoms with E-state index in [2.05, 4.69) is 33.5 Å². The summed E-state index contributed by atoms with van der Waals surface area (Å²) in [6.07, 6.45) is 12.1. The van der Waals surface area contributed by atoms with E-state index in [-0.39, 0.29) is 16.8 Å².